The Morgan fingerprint density at radius 3 is 2.41 bits per heavy atom. The fraction of sp³-hybridized carbons (Fsp3) is 0.588. The molecule has 0 atom stereocenters. The van der Waals surface area contributed by atoms with E-state index in [0.29, 0.717) is 19.3 Å². The van der Waals surface area contributed by atoms with Gasteiger partial charge < -0.3 is 20.1 Å². The molecule has 0 heterocycles. The molecular weight excluding hydrogens is 280 g/mol. The molecule has 2 amide bonds. The smallest absolute Gasteiger partial charge is 0.319 e. The van der Waals surface area contributed by atoms with Crippen LogP contribution in [0, 0.1) is 0 Å². The summed E-state index contributed by atoms with van der Waals surface area (Å²) in [5.74, 6) is 0.770. The zero-order valence-corrected chi connectivity index (χ0v) is 13.3. The van der Waals surface area contributed by atoms with Crippen molar-refractivity contribution >= 4 is 11.7 Å². The molecule has 1 saturated carbocycles. The van der Waals surface area contributed by atoms with Crippen molar-refractivity contribution in [2.45, 2.75) is 44.6 Å². The zero-order chi connectivity index (χ0) is 15.6. The SMILES string of the molecule is COCCOc1ccc(NC(=O)NC2CCCCCC2)cc1. The van der Waals surface area contributed by atoms with Crippen molar-refractivity contribution in [3.05, 3.63) is 24.3 Å². The van der Waals surface area contributed by atoms with Crippen LogP contribution in [0.15, 0.2) is 24.3 Å². The maximum absolute atomic E-state index is 12.0. The highest BCUT2D eigenvalue weighted by atomic mass is 16.5. The zero-order valence-electron chi connectivity index (χ0n) is 13.3. The standard InChI is InChI=1S/C17H26N2O3/c1-21-12-13-22-16-10-8-15(9-11-16)19-17(20)18-14-6-4-2-3-5-7-14/h8-11,14H,2-7,12-13H2,1H3,(H2,18,19,20). The third kappa shape index (κ3) is 5.93. The van der Waals surface area contributed by atoms with Crippen LogP contribution in [0.4, 0.5) is 10.5 Å². The summed E-state index contributed by atoms with van der Waals surface area (Å²) < 4.78 is 10.4. The Hall–Kier alpha value is -1.75. The molecule has 2 rings (SSSR count). The molecule has 22 heavy (non-hydrogen) atoms. The van der Waals surface area contributed by atoms with Crippen molar-refractivity contribution in [3.63, 3.8) is 0 Å². The molecule has 0 radical (unpaired) electrons. The lowest BCUT2D eigenvalue weighted by Gasteiger charge is -2.16. The molecule has 5 nitrogen and oxygen atoms in total. The topological polar surface area (TPSA) is 59.6 Å². The number of hydrogen-bond donors (Lipinski definition) is 2. The number of carbonyl (C=O) groups excluding carboxylic acids is 1. The maximum atomic E-state index is 12.0. The van der Waals surface area contributed by atoms with E-state index in [1.165, 1.54) is 25.7 Å². The van der Waals surface area contributed by atoms with Crippen molar-refractivity contribution in [3.8, 4) is 5.75 Å². The van der Waals surface area contributed by atoms with E-state index in [1.54, 1.807) is 7.11 Å². The minimum Gasteiger partial charge on any atom is -0.491 e. The number of rotatable bonds is 6. The van der Waals surface area contributed by atoms with E-state index in [0.717, 1.165) is 24.3 Å². The third-order valence-corrected chi connectivity index (χ3v) is 3.86. The van der Waals surface area contributed by atoms with E-state index < -0.39 is 0 Å². The first-order valence-electron chi connectivity index (χ1n) is 8.07. The highest BCUT2D eigenvalue weighted by Gasteiger charge is 2.14. The number of ether oxygens (including phenoxy) is 2. The summed E-state index contributed by atoms with van der Waals surface area (Å²) in [6.45, 7) is 1.08. The van der Waals surface area contributed by atoms with Gasteiger partial charge in [-0.25, -0.2) is 4.79 Å². The number of nitrogens with one attached hydrogen (secondary N) is 2. The van der Waals surface area contributed by atoms with Gasteiger partial charge in [0.25, 0.3) is 0 Å². The Bertz CT molecular complexity index is 440. The fourth-order valence-corrected chi connectivity index (χ4v) is 2.65. The van der Waals surface area contributed by atoms with Gasteiger partial charge in [-0.2, -0.15) is 0 Å². The molecule has 0 bridgehead atoms. The number of carbonyl (C=O) groups is 1. The summed E-state index contributed by atoms with van der Waals surface area (Å²) in [6.07, 6.45) is 7.14. The first-order chi connectivity index (χ1) is 10.8. The van der Waals surface area contributed by atoms with Crippen LogP contribution >= 0.6 is 0 Å². The highest BCUT2D eigenvalue weighted by Crippen LogP contribution is 2.18. The number of benzene rings is 1. The molecule has 1 aliphatic carbocycles. The molecule has 0 spiro atoms. The predicted molar refractivity (Wildman–Crippen MR) is 87.5 cm³/mol. The molecule has 0 saturated heterocycles. The molecule has 2 N–H and O–H groups in total. The first kappa shape index (κ1) is 16.6. The molecule has 0 aromatic heterocycles. The third-order valence-electron chi connectivity index (χ3n) is 3.86. The number of anilines is 1. The van der Waals surface area contributed by atoms with Gasteiger partial charge in [-0.3, -0.25) is 0 Å². The van der Waals surface area contributed by atoms with Crippen molar-refractivity contribution in [2.75, 3.05) is 25.6 Å². The minimum atomic E-state index is -0.125. The highest BCUT2D eigenvalue weighted by molar-refractivity contribution is 5.89. The Balaban J connectivity index is 1.75. The average molecular weight is 306 g/mol. The fourth-order valence-electron chi connectivity index (χ4n) is 2.65. The Labute approximate surface area is 132 Å². The van der Waals surface area contributed by atoms with Crippen LogP contribution in [0.5, 0.6) is 5.75 Å². The normalized spacial score (nSPS) is 15.9. The van der Waals surface area contributed by atoms with Crippen LogP contribution in [0.2, 0.25) is 0 Å². The van der Waals surface area contributed by atoms with E-state index in [-0.39, 0.29) is 6.03 Å². The van der Waals surface area contributed by atoms with Gasteiger partial charge in [-0.1, -0.05) is 25.7 Å². The predicted octanol–water partition coefficient (Wildman–Crippen LogP) is 3.56. The Kier molecular flexibility index (Phi) is 7.03. The van der Waals surface area contributed by atoms with E-state index >= 15 is 0 Å². The van der Waals surface area contributed by atoms with Gasteiger partial charge in [-0.05, 0) is 37.1 Å². The second-order valence-electron chi connectivity index (χ2n) is 5.65. The quantitative estimate of drug-likeness (QED) is 0.624. The molecule has 0 unspecified atom stereocenters. The van der Waals surface area contributed by atoms with Crippen LogP contribution < -0.4 is 15.4 Å². The van der Waals surface area contributed by atoms with Crippen LogP contribution in [-0.2, 0) is 4.74 Å². The van der Waals surface area contributed by atoms with Crippen molar-refractivity contribution in [2.24, 2.45) is 0 Å². The lowest BCUT2D eigenvalue weighted by Crippen LogP contribution is -2.37. The summed E-state index contributed by atoms with van der Waals surface area (Å²) >= 11 is 0. The largest absolute Gasteiger partial charge is 0.491 e. The van der Waals surface area contributed by atoms with Gasteiger partial charge in [0.15, 0.2) is 0 Å². The molecule has 1 aromatic carbocycles. The lowest BCUT2D eigenvalue weighted by molar-refractivity contribution is 0.146. The summed E-state index contributed by atoms with van der Waals surface area (Å²) in [7, 11) is 1.64. The van der Waals surface area contributed by atoms with E-state index in [2.05, 4.69) is 10.6 Å². The van der Waals surface area contributed by atoms with E-state index in [4.69, 9.17) is 9.47 Å². The first-order valence-corrected chi connectivity index (χ1v) is 8.07. The number of urea groups is 1. The molecule has 122 valence electrons. The average Bonchev–Trinajstić information content (AvgIpc) is 2.78. The van der Waals surface area contributed by atoms with Crippen LogP contribution in [0.1, 0.15) is 38.5 Å². The molecule has 0 aliphatic heterocycles. The summed E-state index contributed by atoms with van der Waals surface area (Å²) in [4.78, 5) is 12.0. The summed E-state index contributed by atoms with van der Waals surface area (Å²) in [5.41, 5.74) is 0.769. The second-order valence-corrected chi connectivity index (χ2v) is 5.65. The Morgan fingerprint density at radius 1 is 1.09 bits per heavy atom. The van der Waals surface area contributed by atoms with Gasteiger partial charge in [0.2, 0.25) is 0 Å². The van der Waals surface area contributed by atoms with Crippen molar-refractivity contribution in [1.82, 2.24) is 5.32 Å². The minimum absolute atomic E-state index is 0.125. The number of amides is 2. The van der Waals surface area contributed by atoms with Crippen LogP contribution in [-0.4, -0.2) is 32.4 Å². The van der Waals surface area contributed by atoms with Crippen LogP contribution in [0.25, 0.3) is 0 Å². The van der Waals surface area contributed by atoms with Gasteiger partial charge in [0.1, 0.15) is 12.4 Å². The molecule has 1 aliphatic rings. The second kappa shape index (κ2) is 9.30. The molecule has 1 fully saturated rings. The molecular formula is C17H26N2O3. The van der Waals surface area contributed by atoms with Gasteiger partial charge in [-0.15, -0.1) is 0 Å². The van der Waals surface area contributed by atoms with E-state index in [1.807, 2.05) is 24.3 Å². The summed E-state index contributed by atoms with van der Waals surface area (Å²) in [6, 6.07) is 7.55. The Morgan fingerprint density at radius 2 is 1.77 bits per heavy atom. The number of methoxy groups -OCH3 is 1. The molecule has 5 heteroatoms. The van der Waals surface area contributed by atoms with Gasteiger partial charge >= 0.3 is 6.03 Å². The van der Waals surface area contributed by atoms with E-state index in [9.17, 15) is 4.79 Å². The van der Waals surface area contributed by atoms with Gasteiger partial charge in [0.05, 0.1) is 6.61 Å². The maximum Gasteiger partial charge on any atom is 0.319 e. The lowest BCUT2D eigenvalue weighted by atomic mass is 10.1. The van der Waals surface area contributed by atoms with Crippen molar-refractivity contribution in [1.29, 1.82) is 0 Å². The molecule has 1 aromatic rings. The number of hydrogen-bond acceptors (Lipinski definition) is 3. The monoisotopic (exact) mass is 306 g/mol. The van der Waals surface area contributed by atoms with Crippen LogP contribution in [0.3, 0.4) is 0 Å². The summed E-state index contributed by atoms with van der Waals surface area (Å²) in [5, 5.41) is 5.94. The van der Waals surface area contributed by atoms with Crippen molar-refractivity contribution < 1.29 is 14.3 Å². The van der Waals surface area contributed by atoms with Gasteiger partial charge in [0, 0.05) is 18.8 Å².